The molecule has 0 saturated carbocycles. The molecule has 0 unspecified atom stereocenters. The fourth-order valence-corrected chi connectivity index (χ4v) is 3.81. The van der Waals surface area contributed by atoms with Gasteiger partial charge in [-0.2, -0.15) is 0 Å². The van der Waals surface area contributed by atoms with Crippen molar-refractivity contribution in [1.29, 1.82) is 0 Å². The van der Waals surface area contributed by atoms with Crippen molar-refractivity contribution < 1.29 is 24.5 Å². The van der Waals surface area contributed by atoms with Crippen molar-refractivity contribution in [3.05, 3.63) is 83.6 Å². The zero-order valence-electron chi connectivity index (χ0n) is 18.5. The lowest BCUT2D eigenvalue weighted by Crippen LogP contribution is -2.04. The molecule has 3 aromatic carbocycles. The van der Waals surface area contributed by atoms with Crippen molar-refractivity contribution in [2.45, 2.75) is 32.6 Å². The lowest BCUT2D eigenvalue weighted by Gasteiger charge is -2.13. The average Bonchev–Trinajstić information content (AvgIpc) is 3.18. The number of phenolic OH excluding ortho intramolecular Hbond substituents is 1. The molecule has 0 bridgehead atoms. The Morgan fingerprint density at radius 2 is 1.73 bits per heavy atom. The number of carboxylic acid groups (broad SMARTS) is 1. The lowest BCUT2D eigenvalue weighted by molar-refractivity contribution is -0.136. The van der Waals surface area contributed by atoms with Crippen LogP contribution in [0.1, 0.15) is 30.2 Å². The Morgan fingerprint density at radius 3 is 2.48 bits per heavy atom. The maximum atomic E-state index is 10.9. The zero-order valence-corrected chi connectivity index (χ0v) is 18.5. The Kier molecular flexibility index (Phi) is 6.83. The van der Waals surface area contributed by atoms with Crippen molar-refractivity contribution in [1.82, 2.24) is 4.98 Å². The summed E-state index contributed by atoms with van der Waals surface area (Å²) in [6.07, 6.45) is 2.59. The van der Waals surface area contributed by atoms with Gasteiger partial charge in [0.25, 0.3) is 0 Å². The van der Waals surface area contributed by atoms with Crippen LogP contribution in [0.2, 0.25) is 0 Å². The van der Waals surface area contributed by atoms with Gasteiger partial charge in [-0.25, -0.2) is 0 Å². The van der Waals surface area contributed by atoms with Gasteiger partial charge in [0.2, 0.25) is 0 Å². The molecule has 0 radical (unpaired) electrons. The van der Waals surface area contributed by atoms with E-state index in [1.807, 2.05) is 42.5 Å². The number of aromatic amines is 1. The van der Waals surface area contributed by atoms with Gasteiger partial charge in [0.15, 0.2) is 0 Å². The van der Waals surface area contributed by atoms with E-state index in [4.69, 9.17) is 14.6 Å². The van der Waals surface area contributed by atoms with Gasteiger partial charge >= 0.3 is 5.97 Å². The van der Waals surface area contributed by atoms with Crippen LogP contribution in [-0.4, -0.2) is 27.8 Å². The number of nitrogens with one attached hydrogen (secondary N) is 1. The number of aromatic hydroxyl groups is 1. The Hall–Kier alpha value is -3.93. The van der Waals surface area contributed by atoms with Gasteiger partial charge in [-0.05, 0) is 83.6 Å². The Labute approximate surface area is 192 Å². The molecule has 1 aromatic heterocycles. The third-order valence-electron chi connectivity index (χ3n) is 5.35. The highest BCUT2D eigenvalue weighted by molar-refractivity contribution is 5.82. The predicted octanol–water partition coefficient (Wildman–Crippen LogP) is 5.87. The number of carboxylic acids is 1. The maximum Gasteiger partial charge on any atom is 0.307 e. The summed E-state index contributed by atoms with van der Waals surface area (Å²) in [6.45, 7) is 2.64. The van der Waals surface area contributed by atoms with Crippen molar-refractivity contribution in [2.75, 3.05) is 6.61 Å². The second-order valence-corrected chi connectivity index (χ2v) is 8.00. The number of aromatic nitrogens is 1. The minimum absolute atomic E-state index is 0.0201. The van der Waals surface area contributed by atoms with E-state index in [0.717, 1.165) is 52.1 Å². The van der Waals surface area contributed by atoms with Crippen LogP contribution in [0.25, 0.3) is 10.9 Å². The number of fused-ring (bicyclic) bond motifs is 1. The molecule has 0 amide bonds. The number of aliphatic carboxylic acids is 1. The summed E-state index contributed by atoms with van der Waals surface area (Å²) in [4.78, 5) is 14.3. The van der Waals surface area contributed by atoms with Gasteiger partial charge < -0.3 is 24.7 Å². The molecule has 0 aliphatic rings. The molecule has 0 aliphatic carbocycles. The number of rotatable bonds is 10. The Morgan fingerprint density at radius 1 is 0.939 bits per heavy atom. The quantitative estimate of drug-likeness (QED) is 0.284. The number of phenols is 1. The molecule has 3 N–H and O–H groups in total. The standard InChI is InChI=1S/C27H27NO5/c1-2-3-19-17-24(33-23-7-5-22(29)6-8-23)9-11-26(19)32-13-12-21-16-20-14-18(15-27(30)31)4-10-25(20)28-21/h4-11,14,16-17,28-29H,2-3,12-13,15H2,1H3,(H,30,31). The molecule has 1 heterocycles. The maximum absolute atomic E-state index is 10.9. The van der Waals surface area contributed by atoms with Crippen molar-refractivity contribution in [2.24, 2.45) is 0 Å². The van der Waals surface area contributed by atoms with E-state index in [1.165, 1.54) is 0 Å². The van der Waals surface area contributed by atoms with E-state index in [9.17, 15) is 9.90 Å². The fraction of sp³-hybridized carbons (Fsp3) is 0.222. The number of H-pyrrole nitrogens is 1. The van der Waals surface area contributed by atoms with Crippen molar-refractivity contribution in [3.8, 4) is 23.0 Å². The molecular formula is C27H27NO5. The molecule has 4 rings (SSSR count). The highest BCUT2D eigenvalue weighted by Gasteiger charge is 2.09. The first kappa shape index (κ1) is 22.3. The number of ether oxygens (including phenoxy) is 2. The molecule has 0 atom stereocenters. The molecule has 4 aromatic rings. The molecule has 0 spiro atoms. The van der Waals surface area contributed by atoms with Crippen LogP contribution < -0.4 is 9.47 Å². The summed E-state index contributed by atoms with van der Waals surface area (Å²) in [5.41, 5.74) is 3.91. The largest absolute Gasteiger partial charge is 0.508 e. The normalized spacial score (nSPS) is 10.9. The van der Waals surface area contributed by atoms with E-state index < -0.39 is 5.97 Å². The monoisotopic (exact) mass is 445 g/mol. The number of aryl methyl sites for hydroxylation is 1. The molecule has 0 aliphatic heterocycles. The van der Waals surface area contributed by atoms with Gasteiger partial charge in [-0.15, -0.1) is 0 Å². The van der Waals surface area contributed by atoms with E-state index >= 15 is 0 Å². The second kappa shape index (κ2) is 10.1. The summed E-state index contributed by atoms with van der Waals surface area (Å²) < 4.78 is 12.0. The number of hydrogen-bond acceptors (Lipinski definition) is 4. The van der Waals surface area contributed by atoms with Crippen LogP contribution in [-0.2, 0) is 24.1 Å². The third-order valence-corrected chi connectivity index (χ3v) is 5.35. The smallest absolute Gasteiger partial charge is 0.307 e. The number of carbonyl (C=O) groups is 1. The van der Waals surface area contributed by atoms with E-state index in [-0.39, 0.29) is 12.2 Å². The minimum atomic E-state index is -0.833. The summed E-state index contributed by atoms with van der Waals surface area (Å²) >= 11 is 0. The molecule has 6 heteroatoms. The first-order valence-electron chi connectivity index (χ1n) is 11.0. The van der Waals surface area contributed by atoms with Crippen LogP contribution in [0.5, 0.6) is 23.0 Å². The van der Waals surface area contributed by atoms with Gasteiger partial charge in [0.1, 0.15) is 23.0 Å². The molecule has 170 valence electrons. The Bertz CT molecular complexity index is 1240. The number of benzene rings is 3. The van der Waals surface area contributed by atoms with Crippen LogP contribution in [0, 0.1) is 0 Å². The molecule has 0 fully saturated rings. The molecule has 6 nitrogen and oxygen atoms in total. The van der Waals surface area contributed by atoms with Crippen LogP contribution in [0.4, 0.5) is 0 Å². The second-order valence-electron chi connectivity index (χ2n) is 8.00. The predicted molar refractivity (Wildman–Crippen MR) is 127 cm³/mol. The zero-order chi connectivity index (χ0) is 23.2. The van der Waals surface area contributed by atoms with Gasteiger partial charge in [-0.1, -0.05) is 19.4 Å². The van der Waals surface area contributed by atoms with Crippen LogP contribution in [0.3, 0.4) is 0 Å². The SMILES string of the molecule is CCCc1cc(Oc2ccc(O)cc2)ccc1OCCc1cc2cc(CC(=O)O)ccc2[nH]1. The molecule has 0 saturated heterocycles. The summed E-state index contributed by atoms with van der Waals surface area (Å²) in [5.74, 6) is 1.60. The van der Waals surface area contributed by atoms with Crippen LogP contribution >= 0.6 is 0 Å². The van der Waals surface area contributed by atoms with Gasteiger partial charge in [-0.3, -0.25) is 4.79 Å². The van der Waals surface area contributed by atoms with Gasteiger partial charge in [0, 0.05) is 17.6 Å². The molecular weight excluding hydrogens is 418 g/mol. The Balaban J connectivity index is 1.40. The summed E-state index contributed by atoms with van der Waals surface area (Å²) in [5, 5.41) is 19.4. The minimum Gasteiger partial charge on any atom is -0.508 e. The first-order chi connectivity index (χ1) is 16.0. The first-order valence-corrected chi connectivity index (χ1v) is 11.0. The van der Waals surface area contributed by atoms with Gasteiger partial charge in [0.05, 0.1) is 13.0 Å². The van der Waals surface area contributed by atoms with E-state index in [1.54, 1.807) is 24.3 Å². The average molecular weight is 446 g/mol. The highest BCUT2D eigenvalue weighted by Crippen LogP contribution is 2.30. The summed E-state index contributed by atoms with van der Waals surface area (Å²) in [6, 6.07) is 20.2. The van der Waals surface area contributed by atoms with Crippen molar-refractivity contribution >= 4 is 16.9 Å². The number of hydrogen-bond donors (Lipinski definition) is 3. The van der Waals surface area contributed by atoms with Crippen LogP contribution in [0.15, 0.2) is 66.7 Å². The summed E-state index contributed by atoms with van der Waals surface area (Å²) in [7, 11) is 0. The van der Waals surface area contributed by atoms with E-state index in [0.29, 0.717) is 18.8 Å². The molecule has 33 heavy (non-hydrogen) atoms. The van der Waals surface area contributed by atoms with E-state index in [2.05, 4.69) is 11.9 Å². The third kappa shape index (κ3) is 5.86. The lowest BCUT2D eigenvalue weighted by atomic mass is 10.1. The van der Waals surface area contributed by atoms with Crippen molar-refractivity contribution in [3.63, 3.8) is 0 Å². The topological polar surface area (TPSA) is 91.8 Å². The fourth-order valence-electron chi connectivity index (χ4n) is 3.81. The highest BCUT2D eigenvalue weighted by atomic mass is 16.5.